The average molecular weight is 325 g/mol. The van der Waals surface area contributed by atoms with E-state index >= 15 is 0 Å². The first-order valence-corrected chi connectivity index (χ1v) is 8.11. The van der Waals surface area contributed by atoms with Gasteiger partial charge in [0, 0.05) is 30.7 Å². The summed E-state index contributed by atoms with van der Waals surface area (Å²) in [6, 6.07) is 8.23. The largest absolute Gasteiger partial charge is 0.469 e. The summed E-state index contributed by atoms with van der Waals surface area (Å²) in [6.45, 7) is 7.51. The van der Waals surface area contributed by atoms with E-state index in [1.165, 1.54) is 7.11 Å². The van der Waals surface area contributed by atoms with Crippen molar-refractivity contribution < 1.29 is 9.53 Å². The Kier molecular flexibility index (Phi) is 5.84. The predicted molar refractivity (Wildman–Crippen MR) is 89.0 cm³/mol. The summed E-state index contributed by atoms with van der Waals surface area (Å²) < 4.78 is 4.89. The third kappa shape index (κ3) is 4.00. The van der Waals surface area contributed by atoms with Crippen molar-refractivity contribution in [3.63, 3.8) is 0 Å². The Labute approximate surface area is 137 Å². The maximum absolute atomic E-state index is 11.8. The maximum Gasteiger partial charge on any atom is 0.311 e. The maximum atomic E-state index is 11.8. The fourth-order valence-electron chi connectivity index (χ4n) is 2.87. The van der Waals surface area contributed by atoms with Gasteiger partial charge in [-0.05, 0) is 38.4 Å². The molecule has 1 aliphatic rings. The number of halogens is 1. The Bertz CT molecular complexity index is 519. The van der Waals surface area contributed by atoms with E-state index in [0.717, 1.165) is 43.2 Å². The van der Waals surface area contributed by atoms with Crippen LogP contribution in [0.2, 0.25) is 5.02 Å². The molecule has 5 heteroatoms. The van der Waals surface area contributed by atoms with Crippen LogP contribution in [-0.2, 0) is 9.53 Å². The first-order chi connectivity index (χ1) is 10.5. The van der Waals surface area contributed by atoms with Crippen molar-refractivity contribution in [3.8, 4) is 0 Å². The molecule has 1 atom stereocenters. The molecule has 0 amide bonds. The molecule has 0 spiro atoms. The highest BCUT2D eigenvalue weighted by molar-refractivity contribution is 6.31. The molecule has 1 fully saturated rings. The van der Waals surface area contributed by atoms with Gasteiger partial charge < -0.3 is 10.1 Å². The van der Waals surface area contributed by atoms with E-state index in [2.05, 4.69) is 16.3 Å². The van der Waals surface area contributed by atoms with Crippen LogP contribution >= 0.6 is 11.6 Å². The zero-order valence-corrected chi connectivity index (χ0v) is 14.3. The Balaban J connectivity index is 2.08. The molecule has 22 heavy (non-hydrogen) atoms. The molecule has 0 bridgehead atoms. The van der Waals surface area contributed by atoms with Gasteiger partial charge >= 0.3 is 5.97 Å². The molecule has 1 aromatic carbocycles. The fraction of sp³-hybridized carbons (Fsp3) is 0.588. The van der Waals surface area contributed by atoms with E-state index in [4.69, 9.17) is 16.3 Å². The van der Waals surface area contributed by atoms with Gasteiger partial charge in [-0.3, -0.25) is 9.69 Å². The normalized spacial score (nSPS) is 19.9. The highest BCUT2D eigenvalue weighted by Gasteiger charge is 2.31. The average Bonchev–Trinajstić information content (AvgIpc) is 2.53. The van der Waals surface area contributed by atoms with Crippen molar-refractivity contribution in [2.45, 2.75) is 26.3 Å². The van der Waals surface area contributed by atoms with Crippen LogP contribution in [0.25, 0.3) is 0 Å². The number of carbonyl (C=O) groups excluding carboxylic acids is 1. The van der Waals surface area contributed by atoms with Crippen molar-refractivity contribution >= 4 is 17.6 Å². The van der Waals surface area contributed by atoms with E-state index in [9.17, 15) is 4.79 Å². The first kappa shape index (κ1) is 17.3. The number of ether oxygens (including phenoxy) is 1. The lowest BCUT2D eigenvalue weighted by molar-refractivity contribution is -0.151. The Morgan fingerprint density at radius 2 is 2.18 bits per heavy atom. The zero-order valence-electron chi connectivity index (χ0n) is 13.6. The summed E-state index contributed by atoms with van der Waals surface area (Å²) in [5.74, 6) is -0.156. The van der Waals surface area contributed by atoms with E-state index in [1.54, 1.807) is 0 Å². The molecule has 1 unspecified atom stereocenters. The third-order valence-electron chi connectivity index (χ3n) is 4.38. The molecule has 0 saturated carbocycles. The van der Waals surface area contributed by atoms with E-state index in [0.29, 0.717) is 0 Å². The van der Waals surface area contributed by atoms with Gasteiger partial charge in [-0.1, -0.05) is 29.8 Å². The van der Waals surface area contributed by atoms with Crippen molar-refractivity contribution in [1.82, 2.24) is 10.2 Å². The second-order valence-electron chi connectivity index (χ2n) is 6.40. The monoisotopic (exact) mass is 324 g/mol. The van der Waals surface area contributed by atoms with Crippen LogP contribution in [0.5, 0.6) is 0 Å². The molecular formula is C17H25ClN2O2. The van der Waals surface area contributed by atoms with E-state index in [1.807, 2.05) is 32.0 Å². The number of nitrogens with one attached hydrogen (secondary N) is 1. The fourth-order valence-corrected chi connectivity index (χ4v) is 3.13. The van der Waals surface area contributed by atoms with Gasteiger partial charge in [0.15, 0.2) is 0 Å². The predicted octanol–water partition coefficient (Wildman–Crippen LogP) is 2.88. The van der Waals surface area contributed by atoms with Crippen molar-refractivity contribution in [2.24, 2.45) is 5.41 Å². The minimum Gasteiger partial charge on any atom is -0.469 e. The van der Waals surface area contributed by atoms with Crippen molar-refractivity contribution in [3.05, 3.63) is 34.9 Å². The first-order valence-electron chi connectivity index (χ1n) is 7.73. The molecule has 1 aliphatic heterocycles. The molecule has 1 heterocycles. The van der Waals surface area contributed by atoms with Crippen LogP contribution in [0.4, 0.5) is 0 Å². The highest BCUT2D eigenvalue weighted by Crippen LogP contribution is 2.30. The highest BCUT2D eigenvalue weighted by atomic mass is 35.5. The third-order valence-corrected chi connectivity index (χ3v) is 4.72. The Hall–Kier alpha value is -1.10. The lowest BCUT2D eigenvalue weighted by Gasteiger charge is -2.38. The summed E-state index contributed by atoms with van der Waals surface area (Å²) in [5, 5.41) is 4.23. The summed E-state index contributed by atoms with van der Waals surface area (Å²) in [5.41, 5.74) is 0.678. The van der Waals surface area contributed by atoms with Gasteiger partial charge in [0.05, 0.1) is 12.5 Å². The van der Waals surface area contributed by atoms with Gasteiger partial charge in [0.2, 0.25) is 0 Å². The number of hydrogen-bond acceptors (Lipinski definition) is 4. The summed E-state index contributed by atoms with van der Waals surface area (Å²) in [4.78, 5) is 14.2. The lowest BCUT2D eigenvalue weighted by Crippen LogP contribution is -2.47. The molecule has 2 rings (SSSR count). The van der Waals surface area contributed by atoms with Gasteiger partial charge in [0.1, 0.15) is 0 Å². The number of nitrogens with zero attached hydrogens (tertiary/aromatic N) is 1. The zero-order chi connectivity index (χ0) is 16.2. The standard InChI is InChI=1S/C17H25ClN2O2/c1-17(2,16(21)22-3)8-10-20-11-9-19-12-15(20)13-6-4-5-7-14(13)18/h4-7,15,19H,8-12H2,1-3H3. The van der Waals surface area contributed by atoms with Crippen LogP contribution in [0.15, 0.2) is 24.3 Å². The Morgan fingerprint density at radius 1 is 1.45 bits per heavy atom. The van der Waals surface area contributed by atoms with Crippen LogP contribution in [-0.4, -0.2) is 44.2 Å². The SMILES string of the molecule is COC(=O)C(C)(C)CCN1CCNCC1c1ccccc1Cl. The molecule has 0 aliphatic carbocycles. The molecule has 1 aromatic rings. The summed E-state index contributed by atoms with van der Waals surface area (Å²) >= 11 is 6.36. The number of piperazine rings is 1. The topological polar surface area (TPSA) is 41.6 Å². The number of methoxy groups -OCH3 is 1. The van der Waals surface area contributed by atoms with Crippen molar-refractivity contribution in [2.75, 3.05) is 33.3 Å². The van der Waals surface area contributed by atoms with Gasteiger partial charge in [0.25, 0.3) is 0 Å². The summed E-state index contributed by atoms with van der Waals surface area (Å²) in [6.07, 6.45) is 0.765. The molecular weight excluding hydrogens is 300 g/mol. The molecule has 4 nitrogen and oxygen atoms in total. The van der Waals surface area contributed by atoms with Crippen LogP contribution < -0.4 is 5.32 Å². The van der Waals surface area contributed by atoms with E-state index in [-0.39, 0.29) is 12.0 Å². The number of esters is 1. The number of hydrogen-bond donors (Lipinski definition) is 1. The van der Waals surface area contributed by atoms with Crippen LogP contribution in [0.3, 0.4) is 0 Å². The van der Waals surface area contributed by atoms with Gasteiger partial charge in [-0.15, -0.1) is 0 Å². The smallest absolute Gasteiger partial charge is 0.311 e. The molecule has 0 radical (unpaired) electrons. The lowest BCUT2D eigenvalue weighted by atomic mass is 9.88. The number of benzene rings is 1. The van der Waals surface area contributed by atoms with Gasteiger partial charge in [-0.25, -0.2) is 0 Å². The van der Waals surface area contributed by atoms with Crippen LogP contribution in [0.1, 0.15) is 31.9 Å². The molecule has 122 valence electrons. The number of rotatable bonds is 5. The quantitative estimate of drug-likeness (QED) is 0.846. The molecule has 0 aromatic heterocycles. The second kappa shape index (κ2) is 7.44. The minimum absolute atomic E-state index is 0.156. The minimum atomic E-state index is -0.468. The van der Waals surface area contributed by atoms with Crippen LogP contribution in [0, 0.1) is 5.41 Å². The molecule has 1 N–H and O–H groups in total. The Morgan fingerprint density at radius 3 is 2.86 bits per heavy atom. The van der Waals surface area contributed by atoms with Crippen molar-refractivity contribution in [1.29, 1.82) is 0 Å². The second-order valence-corrected chi connectivity index (χ2v) is 6.81. The van der Waals surface area contributed by atoms with Gasteiger partial charge in [-0.2, -0.15) is 0 Å². The molecule has 1 saturated heterocycles. The number of carbonyl (C=O) groups is 1. The van der Waals surface area contributed by atoms with E-state index < -0.39 is 5.41 Å². The summed E-state index contributed by atoms with van der Waals surface area (Å²) in [7, 11) is 1.45.